The highest BCUT2D eigenvalue weighted by Crippen LogP contribution is 2.35. The Kier molecular flexibility index (Phi) is 5.63. The SMILES string of the molecule is COc1cc(C(C)Nc2ccc([N+](=O)[O-])c3cnccc23)ccc1OC(C)C. The first-order valence-electron chi connectivity index (χ1n) is 9.03. The van der Waals surface area contributed by atoms with Crippen molar-refractivity contribution < 1.29 is 14.4 Å². The summed E-state index contributed by atoms with van der Waals surface area (Å²) in [5.74, 6) is 1.36. The molecule has 0 spiro atoms. The van der Waals surface area contributed by atoms with Gasteiger partial charge in [-0.15, -0.1) is 0 Å². The Morgan fingerprint density at radius 1 is 1.07 bits per heavy atom. The second kappa shape index (κ2) is 8.12. The highest BCUT2D eigenvalue weighted by atomic mass is 16.6. The molecule has 28 heavy (non-hydrogen) atoms. The second-order valence-corrected chi connectivity index (χ2v) is 6.75. The molecule has 0 amide bonds. The van der Waals surface area contributed by atoms with E-state index in [-0.39, 0.29) is 17.8 Å². The molecule has 0 saturated carbocycles. The van der Waals surface area contributed by atoms with Crippen LogP contribution in [0.1, 0.15) is 32.4 Å². The third kappa shape index (κ3) is 3.98. The van der Waals surface area contributed by atoms with Gasteiger partial charge in [0.25, 0.3) is 5.69 Å². The highest BCUT2D eigenvalue weighted by Gasteiger charge is 2.17. The maximum Gasteiger partial charge on any atom is 0.278 e. The molecule has 1 N–H and O–H groups in total. The van der Waals surface area contributed by atoms with Gasteiger partial charge in [0.15, 0.2) is 11.5 Å². The number of non-ortho nitro benzene ring substituents is 1. The molecule has 1 atom stereocenters. The van der Waals surface area contributed by atoms with Gasteiger partial charge in [0.1, 0.15) is 0 Å². The Bertz CT molecular complexity index is 1000. The molecule has 3 aromatic rings. The van der Waals surface area contributed by atoms with Crippen LogP contribution in [0.15, 0.2) is 48.8 Å². The zero-order chi connectivity index (χ0) is 20.3. The van der Waals surface area contributed by atoms with Crippen molar-refractivity contribution in [3.8, 4) is 11.5 Å². The van der Waals surface area contributed by atoms with E-state index < -0.39 is 4.92 Å². The lowest BCUT2D eigenvalue weighted by Crippen LogP contribution is -2.09. The van der Waals surface area contributed by atoms with Gasteiger partial charge >= 0.3 is 0 Å². The summed E-state index contributed by atoms with van der Waals surface area (Å²) in [6, 6.07) is 10.8. The fourth-order valence-electron chi connectivity index (χ4n) is 3.08. The Morgan fingerprint density at radius 3 is 2.54 bits per heavy atom. The van der Waals surface area contributed by atoms with Gasteiger partial charge in [-0.05, 0) is 50.6 Å². The summed E-state index contributed by atoms with van der Waals surface area (Å²) in [4.78, 5) is 14.9. The molecule has 7 heteroatoms. The lowest BCUT2D eigenvalue weighted by molar-refractivity contribution is -0.383. The molecule has 1 aromatic heterocycles. The molecule has 2 aromatic carbocycles. The van der Waals surface area contributed by atoms with E-state index in [1.807, 2.05) is 39.0 Å². The summed E-state index contributed by atoms with van der Waals surface area (Å²) in [5, 5.41) is 16.0. The van der Waals surface area contributed by atoms with E-state index in [9.17, 15) is 10.1 Å². The lowest BCUT2D eigenvalue weighted by Gasteiger charge is -2.20. The number of fused-ring (bicyclic) bond motifs is 1. The molecule has 0 bridgehead atoms. The van der Waals surface area contributed by atoms with E-state index in [2.05, 4.69) is 10.3 Å². The molecular weight excluding hydrogens is 358 g/mol. The standard InChI is InChI=1S/C21H23N3O4/c1-13(2)28-20-8-5-15(11-21(20)27-4)14(3)23-18-6-7-19(24(25)26)17-12-22-10-9-16(17)18/h5-14,23H,1-4H3. The van der Waals surface area contributed by atoms with Crippen LogP contribution < -0.4 is 14.8 Å². The van der Waals surface area contributed by atoms with Crippen molar-refractivity contribution in [3.63, 3.8) is 0 Å². The molecule has 0 aliphatic carbocycles. The molecule has 0 fully saturated rings. The molecule has 7 nitrogen and oxygen atoms in total. The van der Waals surface area contributed by atoms with E-state index in [4.69, 9.17) is 9.47 Å². The molecule has 1 unspecified atom stereocenters. The van der Waals surface area contributed by atoms with Gasteiger partial charge in [-0.3, -0.25) is 15.1 Å². The summed E-state index contributed by atoms with van der Waals surface area (Å²) >= 11 is 0. The number of hydrogen-bond acceptors (Lipinski definition) is 6. The number of anilines is 1. The number of hydrogen-bond donors (Lipinski definition) is 1. The maximum absolute atomic E-state index is 11.3. The number of nitrogens with zero attached hydrogens (tertiary/aromatic N) is 2. The van der Waals surface area contributed by atoms with Crippen LogP contribution in [-0.2, 0) is 0 Å². The van der Waals surface area contributed by atoms with Crippen molar-refractivity contribution in [3.05, 3.63) is 64.5 Å². The van der Waals surface area contributed by atoms with Crippen LogP contribution in [0.5, 0.6) is 11.5 Å². The number of nitrogens with one attached hydrogen (secondary N) is 1. The van der Waals surface area contributed by atoms with Crippen LogP contribution in [0.3, 0.4) is 0 Å². The maximum atomic E-state index is 11.3. The molecule has 0 aliphatic heterocycles. The predicted octanol–water partition coefficient (Wildman–Crippen LogP) is 5.11. The molecular formula is C21H23N3O4. The number of rotatable bonds is 7. The van der Waals surface area contributed by atoms with Gasteiger partial charge in [0.2, 0.25) is 0 Å². The first kappa shape index (κ1) is 19.4. The van der Waals surface area contributed by atoms with E-state index in [0.29, 0.717) is 16.9 Å². The fraction of sp³-hybridized carbons (Fsp3) is 0.286. The van der Waals surface area contributed by atoms with Gasteiger partial charge in [0, 0.05) is 35.6 Å². The number of benzene rings is 2. The minimum absolute atomic E-state index is 0.0400. The number of ether oxygens (including phenoxy) is 2. The van der Waals surface area contributed by atoms with Crippen molar-refractivity contribution in [2.24, 2.45) is 0 Å². The number of methoxy groups -OCH3 is 1. The molecule has 0 aliphatic rings. The number of aromatic nitrogens is 1. The van der Waals surface area contributed by atoms with Crippen molar-refractivity contribution in [1.82, 2.24) is 4.98 Å². The van der Waals surface area contributed by atoms with Crippen LogP contribution in [0.4, 0.5) is 11.4 Å². The minimum Gasteiger partial charge on any atom is -0.493 e. The van der Waals surface area contributed by atoms with Gasteiger partial charge in [-0.2, -0.15) is 0 Å². The van der Waals surface area contributed by atoms with E-state index >= 15 is 0 Å². The summed E-state index contributed by atoms with van der Waals surface area (Å²) in [6.07, 6.45) is 3.20. The zero-order valence-corrected chi connectivity index (χ0v) is 16.3. The van der Waals surface area contributed by atoms with Crippen LogP contribution in [0.25, 0.3) is 10.8 Å². The zero-order valence-electron chi connectivity index (χ0n) is 16.3. The fourth-order valence-corrected chi connectivity index (χ4v) is 3.08. The van der Waals surface area contributed by atoms with Gasteiger partial charge < -0.3 is 14.8 Å². The summed E-state index contributed by atoms with van der Waals surface area (Å²) in [6.45, 7) is 5.95. The number of pyridine rings is 1. The smallest absolute Gasteiger partial charge is 0.278 e. The molecule has 3 rings (SSSR count). The third-order valence-electron chi connectivity index (χ3n) is 4.41. The first-order chi connectivity index (χ1) is 13.4. The predicted molar refractivity (Wildman–Crippen MR) is 109 cm³/mol. The Morgan fingerprint density at radius 2 is 1.86 bits per heavy atom. The second-order valence-electron chi connectivity index (χ2n) is 6.75. The van der Waals surface area contributed by atoms with E-state index in [1.165, 1.54) is 12.3 Å². The van der Waals surface area contributed by atoms with Gasteiger partial charge in [-0.1, -0.05) is 6.07 Å². The topological polar surface area (TPSA) is 86.5 Å². The van der Waals surface area contributed by atoms with Crippen LogP contribution in [0.2, 0.25) is 0 Å². The summed E-state index contributed by atoms with van der Waals surface area (Å²) < 4.78 is 11.2. The third-order valence-corrected chi connectivity index (χ3v) is 4.41. The van der Waals surface area contributed by atoms with Gasteiger partial charge in [0.05, 0.1) is 23.5 Å². The number of nitro benzene ring substituents is 1. The Hall–Kier alpha value is -3.35. The largest absolute Gasteiger partial charge is 0.493 e. The number of nitro groups is 1. The van der Waals surface area contributed by atoms with Gasteiger partial charge in [-0.25, -0.2) is 0 Å². The van der Waals surface area contributed by atoms with Crippen molar-refractivity contribution >= 4 is 22.1 Å². The lowest BCUT2D eigenvalue weighted by atomic mass is 10.0. The van der Waals surface area contributed by atoms with Crippen LogP contribution >= 0.6 is 0 Å². The van der Waals surface area contributed by atoms with Crippen LogP contribution in [0, 0.1) is 10.1 Å². The average molecular weight is 381 g/mol. The monoisotopic (exact) mass is 381 g/mol. The molecule has 0 radical (unpaired) electrons. The van der Waals surface area contributed by atoms with E-state index in [0.717, 1.165) is 16.6 Å². The molecule has 1 heterocycles. The van der Waals surface area contributed by atoms with Crippen molar-refractivity contribution in [2.75, 3.05) is 12.4 Å². The first-order valence-corrected chi connectivity index (χ1v) is 9.03. The van der Waals surface area contributed by atoms with E-state index in [1.54, 1.807) is 25.4 Å². The van der Waals surface area contributed by atoms with Crippen LogP contribution in [-0.4, -0.2) is 23.1 Å². The Labute approximate surface area is 163 Å². The quantitative estimate of drug-likeness (QED) is 0.452. The summed E-state index contributed by atoms with van der Waals surface area (Å²) in [7, 11) is 1.61. The Balaban J connectivity index is 1.92. The normalized spacial score (nSPS) is 12.0. The minimum atomic E-state index is -0.393. The molecule has 0 saturated heterocycles. The van der Waals surface area contributed by atoms with Crippen molar-refractivity contribution in [1.29, 1.82) is 0 Å². The average Bonchev–Trinajstić information content (AvgIpc) is 2.67. The highest BCUT2D eigenvalue weighted by molar-refractivity contribution is 5.99. The molecule has 146 valence electrons. The summed E-state index contributed by atoms with van der Waals surface area (Å²) in [5.41, 5.74) is 1.85. The van der Waals surface area contributed by atoms with Crippen molar-refractivity contribution in [2.45, 2.75) is 32.9 Å².